The van der Waals surface area contributed by atoms with Crippen molar-refractivity contribution in [3.05, 3.63) is 34.9 Å². The maximum Gasteiger partial charge on any atom is 0.416 e. The van der Waals surface area contributed by atoms with Crippen molar-refractivity contribution in [3.63, 3.8) is 0 Å². The first-order chi connectivity index (χ1) is 8.44. The topological polar surface area (TPSA) is 63.3 Å². The zero-order valence-electron chi connectivity index (χ0n) is 9.01. The Balaban J connectivity index is 3.46. The van der Waals surface area contributed by atoms with Crippen molar-refractivity contribution in [1.29, 1.82) is 0 Å². The van der Waals surface area contributed by atoms with Gasteiger partial charge in [-0.3, -0.25) is 4.79 Å². The lowest BCUT2D eigenvalue weighted by atomic mass is 9.97. The minimum absolute atomic E-state index is 0.155. The van der Waals surface area contributed by atoms with Crippen molar-refractivity contribution in [2.24, 2.45) is 5.73 Å². The van der Waals surface area contributed by atoms with Gasteiger partial charge in [0.2, 0.25) is 0 Å². The molecular weight excluding hydrogens is 280 g/mol. The summed E-state index contributed by atoms with van der Waals surface area (Å²) in [6.45, 7) is 0. The quantitative estimate of drug-likeness (QED) is 0.822. The first-order valence-electron chi connectivity index (χ1n) is 4.71. The molecule has 3 N–H and O–H groups in total. The molecule has 0 unspecified atom stereocenters. The van der Waals surface area contributed by atoms with Crippen LogP contribution in [0.25, 0.3) is 0 Å². The van der Waals surface area contributed by atoms with E-state index < -0.39 is 41.1 Å². The fraction of sp³-hybridized carbons (Fsp3) is 0.300. The molecule has 0 saturated carbocycles. The van der Waals surface area contributed by atoms with Gasteiger partial charge in [-0.15, -0.1) is 0 Å². The second-order valence-electron chi connectivity index (χ2n) is 3.61. The van der Waals surface area contributed by atoms with Gasteiger partial charge in [-0.25, -0.2) is 0 Å². The third-order valence-corrected chi connectivity index (χ3v) is 2.29. The van der Waals surface area contributed by atoms with E-state index in [4.69, 9.17) is 10.8 Å². The van der Waals surface area contributed by atoms with Crippen LogP contribution in [-0.4, -0.2) is 11.1 Å². The SMILES string of the molecule is N[C@H](C(=O)O)c1ccc(C(F)(F)F)cc1C(F)(F)F. The molecule has 0 aliphatic rings. The molecule has 1 aromatic rings. The molecule has 0 aromatic heterocycles. The third kappa shape index (κ3) is 3.37. The molecule has 1 aromatic carbocycles. The number of rotatable bonds is 2. The van der Waals surface area contributed by atoms with Crippen LogP contribution in [0.3, 0.4) is 0 Å². The summed E-state index contributed by atoms with van der Waals surface area (Å²) in [5.74, 6) is -1.77. The van der Waals surface area contributed by atoms with Crippen LogP contribution in [-0.2, 0) is 17.1 Å². The average molecular weight is 287 g/mol. The fourth-order valence-corrected chi connectivity index (χ4v) is 1.38. The van der Waals surface area contributed by atoms with E-state index in [1.54, 1.807) is 0 Å². The lowest BCUT2D eigenvalue weighted by Gasteiger charge is -2.17. The largest absolute Gasteiger partial charge is 0.480 e. The number of aliphatic carboxylic acids is 1. The van der Waals surface area contributed by atoms with Crippen molar-refractivity contribution >= 4 is 5.97 Å². The Bertz CT molecular complexity index is 494. The van der Waals surface area contributed by atoms with Crippen molar-refractivity contribution in [1.82, 2.24) is 0 Å². The highest BCUT2D eigenvalue weighted by Crippen LogP contribution is 2.38. The molecule has 0 aliphatic heterocycles. The van der Waals surface area contributed by atoms with Gasteiger partial charge in [0.1, 0.15) is 6.04 Å². The van der Waals surface area contributed by atoms with Crippen LogP contribution < -0.4 is 5.73 Å². The van der Waals surface area contributed by atoms with Crippen molar-refractivity contribution in [3.8, 4) is 0 Å². The van der Waals surface area contributed by atoms with Gasteiger partial charge < -0.3 is 10.8 Å². The Morgan fingerprint density at radius 1 is 1.11 bits per heavy atom. The third-order valence-electron chi connectivity index (χ3n) is 2.29. The first kappa shape index (κ1) is 15.3. The minimum atomic E-state index is -5.14. The minimum Gasteiger partial charge on any atom is -0.480 e. The van der Waals surface area contributed by atoms with Gasteiger partial charge in [-0.05, 0) is 17.7 Å². The summed E-state index contributed by atoms with van der Waals surface area (Å²) in [7, 11) is 0. The Hall–Kier alpha value is -1.77. The van der Waals surface area contributed by atoms with Crippen LogP contribution in [0.15, 0.2) is 18.2 Å². The number of hydrogen-bond donors (Lipinski definition) is 2. The summed E-state index contributed by atoms with van der Waals surface area (Å²) < 4.78 is 74.9. The second kappa shape index (κ2) is 4.72. The number of nitrogens with two attached hydrogens (primary N) is 1. The standard InChI is InChI=1S/C10H7F6NO2/c11-9(12,13)4-1-2-5(7(17)8(18)19)6(3-4)10(14,15)16/h1-3,7H,17H2,(H,18,19)/t7-/m0/s1. The van der Waals surface area contributed by atoms with Crippen LogP contribution in [0.2, 0.25) is 0 Å². The number of hydrogen-bond acceptors (Lipinski definition) is 2. The lowest BCUT2D eigenvalue weighted by Crippen LogP contribution is -2.25. The van der Waals surface area contributed by atoms with Gasteiger partial charge >= 0.3 is 18.3 Å². The van der Waals surface area contributed by atoms with Gasteiger partial charge in [0.15, 0.2) is 0 Å². The first-order valence-corrected chi connectivity index (χ1v) is 4.71. The van der Waals surface area contributed by atoms with Gasteiger partial charge in [0, 0.05) is 0 Å². The Kier molecular flexibility index (Phi) is 3.80. The highest BCUT2D eigenvalue weighted by atomic mass is 19.4. The maximum atomic E-state index is 12.6. The number of carboxylic acid groups (broad SMARTS) is 1. The molecule has 9 heteroatoms. The normalized spacial score (nSPS) is 14.3. The van der Waals surface area contributed by atoms with Crippen molar-refractivity contribution in [2.45, 2.75) is 18.4 Å². The zero-order chi connectivity index (χ0) is 15.0. The predicted molar refractivity (Wildman–Crippen MR) is 51.0 cm³/mol. The van der Waals surface area contributed by atoms with Gasteiger partial charge in [-0.2, -0.15) is 26.3 Å². The summed E-state index contributed by atoms with van der Waals surface area (Å²) in [5, 5.41) is 8.54. The van der Waals surface area contributed by atoms with E-state index in [0.29, 0.717) is 12.1 Å². The van der Waals surface area contributed by atoms with Gasteiger partial charge in [0.25, 0.3) is 0 Å². The molecule has 1 rings (SSSR count). The molecule has 0 heterocycles. The molecule has 106 valence electrons. The van der Waals surface area contributed by atoms with Crippen molar-refractivity contribution in [2.75, 3.05) is 0 Å². The maximum absolute atomic E-state index is 12.6. The number of benzene rings is 1. The van der Waals surface area contributed by atoms with E-state index >= 15 is 0 Å². The lowest BCUT2D eigenvalue weighted by molar-refractivity contribution is -0.144. The Labute approximate surface area is 102 Å². The van der Waals surface area contributed by atoms with E-state index in [1.807, 2.05) is 0 Å². The summed E-state index contributed by atoms with van der Waals surface area (Å²) in [4.78, 5) is 10.5. The number of carboxylic acids is 1. The van der Waals surface area contributed by atoms with E-state index in [9.17, 15) is 31.1 Å². The monoisotopic (exact) mass is 287 g/mol. The van der Waals surface area contributed by atoms with Crippen LogP contribution >= 0.6 is 0 Å². The van der Waals surface area contributed by atoms with E-state index in [0.717, 1.165) is 0 Å². The van der Waals surface area contributed by atoms with Crippen molar-refractivity contribution < 1.29 is 36.2 Å². The highest BCUT2D eigenvalue weighted by molar-refractivity contribution is 5.76. The fourth-order valence-electron chi connectivity index (χ4n) is 1.38. The van der Waals surface area contributed by atoms with E-state index in [-0.39, 0.29) is 6.07 Å². The highest BCUT2D eigenvalue weighted by Gasteiger charge is 2.39. The molecule has 19 heavy (non-hydrogen) atoms. The van der Waals surface area contributed by atoms with E-state index in [1.165, 1.54) is 0 Å². The van der Waals surface area contributed by atoms with E-state index in [2.05, 4.69) is 0 Å². The average Bonchev–Trinajstić information content (AvgIpc) is 2.24. The Morgan fingerprint density at radius 3 is 2.00 bits per heavy atom. The zero-order valence-corrected chi connectivity index (χ0v) is 9.01. The van der Waals surface area contributed by atoms with Gasteiger partial charge in [-0.1, -0.05) is 6.07 Å². The molecule has 3 nitrogen and oxygen atoms in total. The van der Waals surface area contributed by atoms with Crippen LogP contribution in [0.4, 0.5) is 26.3 Å². The molecule has 0 fully saturated rings. The summed E-state index contributed by atoms with van der Waals surface area (Å²) in [6, 6.07) is -1.44. The molecular formula is C10H7F6NO2. The molecule has 0 saturated heterocycles. The summed E-state index contributed by atoms with van der Waals surface area (Å²) in [5.41, 5.74) is 0.853. The number of alkyl halides is 6. The molecule has 0 spiro atoms. The van der Waals surface area contributed by atoms with Crippen LogP contribution in [0, 0.1) is 0 Å². The molecule has 0 bridgehead atoms. The summed E-state index contributed by atoms with van der Waals surface area (Å²) in [6.07, 6.45) is -10.1. The predicted octanol–water partition coefficient (Wildman–Crippen LogP) is 2.81. The molecule has 0 radical (unpaired) electrons. The number of halogens is 6. The van der Waals surface area contributed by atoms with Crippen LogP contribution in [0.5, 0.6) is 0 Å². The second-order valence-corrected chi connectivity index (χ2v) is 3.61. The molecule has 0 aliphatic carbocycles. The summed E-state index contributed by atoms with van der Waals surface area (Å²) >= 11 is 0. The molecule has 0 amide bonds. The Morgan fingerprint density at radius 2 is 1.63 bits per heavy atom. The smallest absolute Gasteiger partial charge is 0.416 e. The van der Waals surface area contributed by atoms with Gasteiger partial charge in [0.05, 0.1) is 11.1 Å². The number of carbonyl (C=O) groups is 1. The molecule has 1 atom stereocenters. The van der Waals surface area contributed by atoms with Crippen LogP contribution in [0.1, 0.15) is 22.7 Å².